The SMILES string of the molecule is O=C(NCCSc1cn[nH]n1)N1CCCN(C(=O)[C@@H]2CCCO2)CC1. The van der Waals surface area contributed by atoms with Gasteiger partial charge >= 0.3 is 6.03 Å². The van der Waals surface area contributed by atoms with Crippen LogP contribution in [0.1, 0.15) is 19.3 Å². The lowest BCUT2D eigenvalue weighted by Gasteiger charge is -2.24. The number of aromatic amines is 1. The van der Waals surface area contributed by atoms with Crippen LogP contribution in [-0.2, 0) is 9.53 Å². The van der Waals surface area contributed by atoms with E-state index in [4.69, 9.17) is 4.74 Å². The number of carbonyl (C=O) groups is 2. The minimum atomic E-state index is -0.283. The van der Waals surface area contributed by atoms with E-state index in [9.17, 15) is 9.59 Å². The van der Waals surface area contributed by atoms with Crippen molar-refractivity contribution in [1.82, 2.24) is 30.5 Å². The summed E-state index contributed by atoms with van der Waals surface area (Å²) in [6.45, 7) is 3.71. The fourth-order valence-corrected chi connectivity index (χ4v) is 3.65. The number of hydrogen-bond donors (Lipinski definition) is 2. The number of urea groups is 1. The molecule has 0 radical (unpaired) electrons. The van der Waals surface area contributed by atoms with Crippen LogP contribution in [0.25, 0.3) is 0 Å². The normalized spacial score (nSPS) is 21.2. The second-order valence-corrected chi connectivity index (χ2v) is 7.17. The van der Waals surface area contributed by atoms with Gasteiger partial charge in [0.2, 0.25) is 0 Å². The van der Waals surface area contributed by atoms with Gasteiger partial charge in [0.25, 0.3) is 5.91 Å². The van der Waals surface area contributed by atoms with Crippen molar-refractivity contribution in [3.63, 3.8) is 0 Å². The van der Waals surface area contributed by atoms with Crippen LogP contribution in [0.4, 0.5) is 4.79 Å². The van der Waals surface area contributed by atoms with E-state index in [1.165, 1.54) is 11.8 Å². The Labute approximate surface area is 150 Å². The Balaban J connectivity index is 1.38. The number of aromatic nitrogens is 3. The molecule has 0 saturated carbocycles. The van der Waals surface area contributed by atoms with E-state index < -0.39 is 0 Å². The molecule has 2 saturated heterocycles. The zero-order valence-electron chi connectivity index (χ0n) is 14.1. The Morgan fingerprint density at radius 2 is 2.12 bits per heavy atom. The molecule has 9 nitrogen and oxygen atoms in total. The molecular formula is C15H24N6O3S. The summed E-state index contributed by atoms with van der Waals surface area (Å²) < 4.78 is 5.48. The Kier molecular flexibility index (Phi) is 6.51. The summed E-state index contributed by atoms with van der Waals surface area (Å²) in [5.74, 6) is 0.805. The van der Waals surface area contributed by atoms with Gasteiger partial charge in [0.1, 0.15) is 11.1 Å². The quantitative estimate of drug-likeness (QED) is 0.573. The molecule has 10 heteroatoms. The van der Waals surface area contributed by atoms with Gasteiger partial charge in [-0.1, -0.05) is 0 Å². The third kappa shape index (κ3) is 5.08. The van der Waals surface area contributed by atoms with E-state index in [-0.39, 0.29) is 18.0 Å². The van der Waals surface area contributed by atoms with Crippen LogP contribution in [0.2, 0.25) is 0 Å². The molecule has 0 aliphatic carbocycles. The molecule has 2 aliphatic rings. The van der Waals surface area contributed by atoms with Gasteiger partial charge < -0.3 is 19.9 Å². The summed E-state index contributed by atoms with van der Waals surface area (Å²) in [6.07, 6.45) is 3.92. The van der Waals surface area contributed by atoms with Gasteiger partial charge in [0, 0.05) is 45.1 Å². The van der Waals surface area contributed by atoms with Crippen LogP contribution < -0.4 is 5.32 Å². The monoisotopic (exact) mass is 368 g/mol. The Hall–Kier alpha value is -1.81. The van der Waals surface area contributed by atoms with Gasteiger partial charge in [-0.25, -0.2) is 4.79 Å². The molecule has 2 fully saturated rings. The maximum atomic E-state index is 12.4. The van der Waals surface area contributed by atoms with Crippen LogP contribution >= 0.6 is 11.8 Å². The van der Waals surface area contributed by atoms with E-state index in [0.717, 1.165) is 30.0 Å². The van der Waals surface area contributed by atoms with Crippen molar-refractivity contribution in [2.75, 3.05) is 45.1 Å². The second-order valence-electron chi connectivity index (χ2n) is 6.06. The number of hydrogen-bond acceptors (Lipinski definition) is 6. The van der Waals surface area contributed by atoms with E-state index in [0.29, 0.717) is 39.3 Å². The molecule has 138 valence electrons. The number of thioether (sulfide) groups is 1. The summed E-state index contributed by atoms with van der Waals surface area (Å²) in [5, 5.41) is 14.0. The minimum absolute atomic E-state index is 0.0729. The molecule has 3 rings (SSSR count). The first-order valence-corrected chi connectivity index (χ1v) is 9.64. The smallest absolute Gasteiger partial charge is 0.317 e. The third-order valence-corrected chi connectivity index (χ3v) is 5.22. The highest BCUT2D eigenvalue weighted by molar-refractivity contribution is 7.99. The van der Waals surface area contributed by atoms with Crippen molar-refractivity contribution in [2.24, 2.45) is 0 Å². The summed E-state index contributed by atoms with van der Waals surface area (Å²) in [7, 11) is 0. The van der Waals surface area contributed by atoms with Gasteiger partial charge in [-0.3, -0.25) is 4.79 Å². The molecule has 3 amide bonds. The van der Waals surface area contributed by atoms with Crippen molar-refractivity contribution >= 4 is 23.7 Å². The Morgan fingerprint density at radius 3 is 2.88 bits per heavy atom. The summed E-state index contributed by atoms with van der Waals surface area (Å²) >= 11 is 1.53. The first kappa shape index (κ1) is 18.0. The van der Waals surface area contributed by atoms with Gasteiger partial charge in [0.05, 0.1) is 6.20 Å². The second kappa shape index (κ2) is 9.04. The van der Waals surface area contributed by atoms with Gasteiger partial charge in [-0.15, -0.1) is 16.9 Å². The largest absolute Gasteiger partial charge is 0.368 e. The maximum absolute atomic E-state index is 12.4. The topological polar surface area (TPSA) is 103 Å². The highest BCUT2D eigenvalue weighted by Gasteiger charge is 2.30. The summed E-state index contributed by atoms with van der Waals surface area (Å²) in [5.41, 5.74) is 0. The summed E-state index contributed by atoms with van der Waals surface area (Å²) in [4.78, 5) is 28.3. The van der Waals surface area contributed by atoms with E-state index in [1.807, 2.05) is 4.90 Å². The number of nitrogens with one attached hydrogen (secondary N) is 2. The maximum Gasteiger partial charge on any atom is 0.317 e. The Morgan fingerprint density at radius 1 is 1.28 bits per heavy atom. The van der Waals surface area contributed by atoms with Crippen molar-refractivity contribution in [3.05, 3.63) is 6.20 Å². The molecule has 25 heavy (non-hydrogen) atoms. The molecule has 3 heterocycles. The highest BCUT2D eigenvalue weighted by Crippen LogP contribution is 2.16. The summed E-state index contributed by atoms with van der Waals surface area (Å²) in [6, 6.07) is -0.0767. The van der Waals surface area contributed by atoms with Gasteiger partial charge in [-0.05, 0) is 19.3 Å². The average molecular weight is 368 g/mol. The highest BCUT2D eigenvalue weighted by atomic mass is 32.2. The van der Waals surface area contributed by atoms with Gasteiger partial charge in [-0.2, -0.15) is 10.3 Å². The lowest BCUT2D eigenvalue weighted by Crippen LogP contribution is -2.44. The molecular weight excluding hydrogens is 344 g/mol. The fraction of sp³-hybridized carbons (Fsp3) is 0.733. The molecule has 1 aromatic heterocycles. The van der Waals surface area contributed by atoms with Crippen molar-refractivity contribution in [3.8, 4) is 0 Å². The molecule has 0 spiro atoms. The average Bonchev–Trinajstić information content (AvgIpc) is 3.28. The molecule has 0 bridgehead atoms. The number of nitrogens with zero attached hydrogens (tertiary/aromatic N) is 4. The third-order valence-electron chi connectivity index (χ3n) is 4.32. The molecule has 2 aliphatic heterocycles. The molecule has 1 atom stereocenters. The first-order valence-electron chi connectivity index (χ1n) is 8.66. The zero-order valence-corrected chi connectivity index (χ0v) is 15.0. The number of H-pyrrole nitrogens is 1. The Bertz CT molecular complexity index is 564. The van der Waals surface area contributed by atoms with Crippen LogP contribution in [0, 0.1) is 0 Å². The number of rotatable bonds is 5. The van der Waals surface area contributed by atoms with Gasteiger partial charge in [0.15, 0.2) is 0 Å². The van der Waals surface area contributed by atoms with Crippen LogP contribution in [-0.4, -0.2) is 88.3 Å². The van der Waals surface area contributed by atoms with Crippen molar-refractivity contribution in [1.29, 1.82) is 0 Å². The van der Waals surface area contributed by atoms with E-state index in [1.54, 1.807) is 11.1 Å². The van der Waals surface area contributed by atoms with Crippen LogP contribution in [0.5, 0.6) is 0 Å². The van der Waals surface area contributed by atoms with E-state index in [2.05, 4.69) is 20.7 Å². The molecule has 0 unspecified atom stereocenters. The standard InChI is InChI=1S/C15H24N6O3S/c22-14(12-3-1-9-24-12)20-5-2-6-21(8-7-20)15(23)16-4-10-25-13-11-17-19-18-13/h11-12H,1-10H2,(H,16,23)(H,17,18,19)/t12-/m0/s1. The predicted octanol–water partition coefficient (Wildman–Crippen LogP) is 0.320. The zero-order chi connectivity index (χ0) is 17.5. The van der Waals surface area contributed by atoms with E-state index >= 15 is 0 Å². The van der Waals surface area contributed by atoms with Crippen molar-refractivity contribution in [2.45, 2.75) is 30.4 Å². The minimum Gasteiger partial charge on any atom is -0.368 e. The molecule has 0 aromatic carbocycles. The lowest BCUT2D eigenvalue weighted by molar-refractivity contribution is -0.140. The lowest BCUT2D eigenvalue weighted by atomic mass is 10.2. The predicted molar refractivity (Wildman–Crippen MR) is 92.2 cm³/mol. The number of amides is 3. The number of ether oxygens (including phenoxy) is 1. The fourth-order valence-electron chi connectivity index (χ4n) is 3.00. The molecule has 1 aromatic rings. The van der Waals surface area contributed by atoms with Crippen LogP contribution in [0.15, 0.2) is 11.2 Å². The molecule has 2 N–H and O–H groups in total. The first-order chi connectivity index (χ1) is 12.2. The van der Waals surface area contributed by atoms with Crippen LogP contribution in [0.3, 0.4) is 0 Å². The van der Waals surface area contributed by atoms with Crippen molar-refractivity contribution < 1.29 is 14.3 Å². The number of carbonyl (C=O) groups excluding carboxylic acids is 2.